The summed E-state index contributed by atoms with van der Waals surface area (Å²) in [5, 5.41) is 0. The van der Waals surface area contributed by atoms with Crippen LogP contribution in [-0.4, -0.2) is 57.0 Å². The Balaban J connectivity index is 1.05. The second-order valence-corrected chi connectivity index (χ2v) is 13.4. The summed E-state index contributed by atoms with van der Waals surface area (Å²) in [4.78, 5) is 38.3. The third-order valence-electron chi connectivity index (χ3n) is 9.38. The molecule has 1 heterocycles. The van der Waals surface area contributed by atoms with Crippen LogP contribution in [0.2, 0.25) is 0 Å². The van der Waals surface area contributed by atoms with Gasteiger partial charge in [-0.2, -0.15) is 0 Å². The summed E-state index contributed by atoms with van der Waals surface area (Å²) in [5.41, 5.74) is 1.09. The highest BCUT2D eigenvalue weighted by atomic mass is 16.6. The van der Waals surface area contributed by atoms with Crippen LogP contribution < -0.4 is 14.2 Å². The molecule has 0 spiro atoms. The molecule has 5 rings (SSSR count). The fourth-order valence-electron chi connectivity index (χ4n) is 6.08. The molecule has 1 saturated heterocycles. The highest BCUT2D eigenvalue weighted by Gasteiger charge is 2.37. The summed E-state index contributed by atoms with van der Waals surface area (Å²) in [6, 6.07) is 19.1. The Morgan fingerprint density at radius 2 is 1.27 bits per heavy atom. The number of hydrogen-bond donors (Lipinski definition) is 0. The van der Waals surface area contributed by atoms with E-state index >= 15 is 0 Å². The highest BCUT2D eigenvalue weighted by molar-refractivity contribution is 5.95. The molecule has 3 atom stereocenters. The van der Waals surface area contributed by atoms with E-state index in [-0.39, 0.29) is 28.6 Å². The Hall–Kier alpha value is -4.21. The van der Waals surface area contributed by atoms with Crippen LogP contribution in [0, 0.1) is 23.2 Å². The minimum atomic E-state index is -0.593. The second kappa shape index (κ2) is 16.3. The van der Waals surface area contributed by atoms with Gasteiger partial charge in [-0.3, -0.25) is 0 Å². The Bertz CT molecular complexity index is 1500. The standard InChI is InChI=1S/C39H46O9/c1-5-39(24-44-25-39)23-43-20-21-45-31-15-17-33(18-16-31)47-37(41)29-9-7-28(8-10-29)36(40)46-32-13-11-30(12-14-32)38(42)48-35-22-27(4)6-19-34(35)26(2)3/h7-18,26-27,34-35H,5-6,19-25H2,1-4H3. The monoisotopic (exact) mass is 658 g/mol. The molecule has 0 amide bonds. The predicted molar refractivity (Wildman–Crippen MR) is 180 cm³/mol. The first-order valence-corrected chi connectivity index (χ1v) is 16.9. The lowest BCUT2D eigenvalue weighted by Crippen LogP contribution is -2.45. The predicted octanol–water partition coefficient (Wildman–Crippen LogP) is 7.56. The van der Waals surface area contributed by atoms with Gasteiger partial charge in [-0.1, -0.05) is 34.1 Å². The fraction of sp³-hybridized carbons (Fsp3) is 0.462. The van der Waals surface area contributed by atoms with Crippen molar-refractivity contribution in [3.63, 3.8) is 0 Å². The van der Waals surface area contributed by atoms with E-state index in [0.29, 0.717) is 60.4 Å². The number of benzene rings is 3. The number of rotatable bonds is 14. The zero-order valence-electron chi connectivity index (χ0n) is 28.3. The summed E-state index contributed by atoms with van der Waals surface area (Å²) in [6.07, 6.45) is 4.02. The van der Waals surface area contributed by atoms with Crippen LogP contribution in [0.15, 0.2) is 72.8 Å². The molecule has 1 saturated carbocycles. The lowest BCUT2D eigenvalue weighted by molar-refractivity contribution is -0.151. The van der Waals surface area contributed by atoms with Gasteiger partial charge in [0.15, 0.2) is 0 Å². The molecule has 0 aromatic heterocycles. The number of carbonyl (C=O) groups is 3. The van der Waals surface area contributed by atoms with Crippen LogP contribution in [0.25, 0.3) is 0 Å². The van der Waals surface area contributed by atoms with E-state index in [4.69, 9.17) is 28.4 Å². The van der Waals surface area contributed by atoms with Crippen LogP contribution in [0.1, 0.15) is 84.5 Å². The molecule has 3 unspecified atom stereocenters. The number of esters is 3. The third kappa shape index (κ3) is 9.23. The van der Waals surface area contributed by atoms with Crippen LogP contribution >= 0.6 is 0 Å². The molecule has 0 radical (unpaired) electrons. The van der Waals surface area contributed by atoms with Crippen LogP contribution in [0.5, 0.6) is 17.2 Å². The minimum absolute atomic E-state index is 0.0959. The fourth-order valence-corrected chi connectivity index (χ4v) is 6.08. The van der Waals surface area contributed by atoms with Crippen molar-refractivity contribution in [3.05, 3.63) is 89.5 Å². The van der Waals surface area contributed by atoms with Crippen molar-refractivity contribution in [1.29, 1.82) is 0 Å². The molecule has 1 aliphatic heterocycles. The third-order valence-corrected chi connectivity index (χ3v) is 9.38. The Kier molecular flexibility index (Phi) is 11.9. The SMILES string of the molecule is CCC1(COCCOc2ccc(OC(=O)c3ccc(C(=O)Oc4ccc(C(=O)OC5CC(C)CCC5C(C)C)cc4)cc3)cc2)COC1. The van der Waals surface area contributed by atoms with Gasteiger partial charge in [0.25, 0.3) is 0 Å². The maximum absolute atomic E-state index is 12.9. The average Bonchev–Trinajstić information content (AvgIpc) is 3.06. The summed E-state index contributed by atoms with van der Waals surface area (Å²) < 4.78 is 33.7. The quantitative estimate of drug-likeness (QED) is 0.0985. The van der Waals surface area contributed by atoms with Crippen molar-refractivity contribution >= 4 is 17.9 Å². The zero-order valence-corrected chi connectivity index (χ0v) is 28.3. The maximum Gasteiger partial charge on any atom is 0.343 e. The second-order valence-electron chi connectivity index (χ2n) is 13.4. The molecule has 48 heavy (non-hydrogen) atoms. The highest BCUT2D eigenvalue weighted by Crippen LogP contribution is 2.36. The van der Waals surface area contributed by atoms with Gasteiger partial charge in [-0.15, -0.1) is 0 Å². The topological polar surface area (TPSA) is 107 Å². The maximum atomic E-state index is 12.9. The number of carbonyl (C=O) groups excluding carboxylic acids is 3. The van der Waals surface area contributed by atoms with Crippen molar-refractivity contribution in [3.8, 4) is 17.2 Å². The average molecular weight is 659 g/mol. The number of ether oxygens (including phenoxy) is 6. The molecule has 3 aromatic carbocycles. The molecular formula is C39H46O9. The summed E-state index contributed by atoms with van der Waals surface area (Å²) in [5.74, 6) is 1.09. The van der Waals surface area contributed by atoms with E-state index in [2.05, 4.69) is 27.7 Å². The molecule has 9 nitrogen and oxygen atoms in total. The molecule has 9 heteroatoms. The van der Waals surface area contributed by atoms with Gasteiger partial charge in [-0.25, -0.2) is 14.4 Å². The van der Waals surface area contributed by atoms with Gasteiger partial charge >= 0.3 is 17.9 Å². The first-order chi connectivity index (χ1) is 23.1. The van der Waals surface area contributed by atoms with E-state index in [9.17, 15) is 14.4 Å². The lowest BCUT2D eigenvalue weighted by atomic mass is 9.75. The summed E-state index contributed by atoms with van der Waals surface area (Å²) in [7, 11) is 0. The van der Waals surface area contributed by atoms with Gasteiger partial charge in [0.2, 0.25) is 0 Å². The van der Waals surface area contributed by atoms with Gasteiger partial charge in [-0.05, 0) is 110 Å². The summed E-state index contributed by atoms with van der Waals surface area (Å²) in [6.45, 7) is 11.7. The van der Waals surface area contributed by atoms with E-state index in [0.717, 1.165) is 38.9 Å². The van der Waals surface area contributed by atoms with Crippen molar-refractivity contribution < 1.29 is 42.8 Å². The zero-order chi connectivity index (χ0) is 34.1. The molecule has 2 fully saturated rings. The molecule has 256 valence electrons. The molecule has 1 aliphatic carbocycles. The largest absolute Gasteiger partial charge is 0.491 e. The molecule has 2 aliphatic rings. The minimum Gasteiger partial charge on any atom is -0.491 e. The van der Waals surface area contributed by atoms with Crippen LogP contribution in [-0.2, 0) is 14.2 Å². The Morgan fingerprint density at radius 1 is 0.750 bits per heavy atom. The van der Waals surface area contributed by atoms with Crippen molar-refractivity contribution in [2.45, 2.75) is 59.5 Å². The molecule has 0 N–H and O–H groups in total. The molecular weight excluding hydrogens is 612 g/mol. The summed E-state index contributed by atoms with van der Waals surface area (Å²) >= 11 is 0. The van der Waals surface area contributed by atoms with Crippen molar-refractivity contribution in [2.24, 2.45) is 23.2 Å². The number of hydrogen-bond acceptors (Lipinski definition) is 9. The molecule has 0 bridgehead atoms. The van der Waals surface area contributed by atoms with Gasteiger partial charge in [0.1, 0.15) is 30.0 Å². The van der Waals surface area contributed by atoms with Crippen LogP contribution in [0.4, 0.5) is 0 Å². The van der Waals surface area contributed by atoms with Crippen molar-refractivity contribution in [1.82, 2.24) is 0 Å². The van der Waals surface area contributed by atoms with Crippen molar-refractivity contribution in [2.75, 3.05) is 33.0 Å². The molecule has 3 aromatic rings. The van der Waals surface area contributed by atoms with E-state index < -0.39 is 11.9 Å². The van der Waals surface area contributed by atoms with Gasteiger partial charge in [0, 0.05) is 5.41 Å². The first-order valence-electron chi connectivity index (χ1n) is 16.9. The van der Waals surface area contributed by atoms with E-state index in [1.54, 1.807) is 48.5 Å². The first kappa shape index (κ1) is 35.1. The van der Waals surface area contributed by atoms with Gasteiger partial charge < -0.3 is 28.4 Å². The normalized spacial score (nSPS) is 20.0. The lowest BCUT2D eigenvalue weighted by Gasteiger charge is -2.40. The van der Waals surface area contributed by atoms with Crippen LogP contribution in [0.3, 0.4) is 0 Å². The smallest absolute Gasteiger partial charge is 0.343 e. The Labute approximate surface area is 282 Å². The Morgan fingerprint density at radius 3 is 1.79 bits per heavy atom. The van der Waals surface area contributed by atoms with Gasteiger partial charge in [0.05, 0.1) is 43.1 Å². The van der Waals surface area contributed by atoms with E-state index in [1.165, 1.54) is 24.3 Å². The van der Waals surface area contributed by atoms with E-state index in [1.807, 2.05) is 0 Å².